The van der Waals surface area contributed by atoms with Gasteiger partial charge in [-0.3, -0.25) is 10.2 Å². The highest BCUT2D eigenvalue weighted by Crippen LogP contribution is 2.38. The van der Waals surface area contributed by atoms with Crippen LogP contribution in [0.1, 0.15) is 44.7 Å². The van der Waals surface area contributed by atoms with Gasteiger partial charge < -0.3 is 14.4 Å². The summed E-state index contributed by atoms with van der Waals surface area (Å²) in [6, 6.07) is 12.7. The molecule has 216 valence electrons. The maximum atomic E-state index is 15.2. The molecule has 1 saturated heterocycles. The van der Waals surface area contributed by atoms with Crippen LogP contribution in [0.3, 0.4) is 0 Å². The molecule has 1 fully saturated rings. The van der Waals surface area contributed by atoms with Gasteiger partial charge in [-0.05, 0) is 63.3 Å². The lowest BCUT2D eigenvalue weighted by atomic mass is 9.92. The van der Waals surface area contributed by atoms with Crippen molar-refractivity contribution in [2.45, 2.75) is 51.7 Å². The Balaban J connectivity index is 1.30. The molecule has 1 N–H and O–H groups in total. The van der Waals surface area contributed by atoms with E-state index < -0.39 is 30.0 Å². The summed E-state index contributed by atoms with van der Waals surface area (Å²) in [5.41, 5.74) is -0.218. The van der Waals surface area contributed by atoms with Crippen molar-refractivity contribution in [3.63, 3.8) is 0 Å². The van der Waals surface area contributed by atoms with Crippen molar-refractivity contribution in [2.24, 2.45) is 5.92 Å². The Morgan fingerprint density at radius 3 is 2.40 bits per heavy atom. The van der Waals surface area contributed by atoms with Crippen LogP contribution in [0.4, 0.5) is 28.4 Å². The van der Waals surface area contributed by atoms with Gasteiger partial charge in [-0.1, -0.05) is 36.4 Å². The molecule has 40 heavy (non-hydrogen) atoms. The second kappa shape index (κ2) is 12.3. The molecule has 0 radical (unpaired) electrons. The number of ether oxygens (including phenoxy) is 2. The highest BCUT2D eigenvalue weighted by molar-refractivity contribution is 5.85. The third-order valence-corrected chi connectivity index (χ3v) is 6.87. The minimum atomic E-state index is -3.25. The summed E-state index contributed by atoms with van der Waals surface area (Å²) < 4.78 is 55.9. The zero-order valence-electron chi connectivity index (χ0n) is 23.1. The fraction of sp³-hybridized carbons (Fsp3) is 0.467. The minimum Gasteiger partial charge on any atom is -0.444 e. The maximum absolute atomic E-state index is 15.2. The summed E-state index contributed by atoms with van der Waals surface area (Å²) in [6.07, 6.45) is 1.66. The van der Waals surface area contributed by atoms with Gasteiger partial charge >= 0.3 is 12.2 Å². The number of halogens is 3. The SMILES string of the molecule is CC(C)(C)OC(=O)N1CCC(CN2CC=C(c3ccc(NC(=O)OCc4ccccc4)cc3F)C(F)(F)C2)CC1. The number of amides is 2. The van der Waals surface area contributed by atoms with Crippen molar-refractivity contribution < 1.29 is 32.2 Å². The van der Waals surface area contributed by atoms with Gasteiger partial charge in [-0.2, -0.15) is 8.78 Å². The van der Waals surface area contributed by atoms with Gasteiger partial charge in [0.1, 0.15) is 18.0 Å². The first kappa shape index (κ1) is 29.5. The second-order valence-electron chi connectivity index (χ2n) is 11.3. The monoisotopic (exact) mass is 559 g/mol. The molecular weight excluding hydrogens is 523 g/mol. The molecule has 0 unspecified atom stereocenters. The predicted molar refractivity (Wildman–Crippen MR) is 147 cm³/mol. The van der Waals surface area contributed by atoms with E-state index in [1.54, 1.807) is 21.9 Å². The van der Waals surface area contributed by atoms with E-state index in [4.69, 9.17) is 9.47 Å². The lowest BCUT2D eigenvalue weighted by Crippen LogP contribution is -2.47. The molecular formula is C30H36F3N3O4. The second-order valence-corrected chi connectivity index (χ2v) is 11.3. The van der Waals surface area contributed by atoms with E-state index in [-0.39, 0.29) is 42.0 Å². The molecule has 10 heteroatoms. The fourth-order valence-corrected chi connectivity index (χ4v) is 4.92. The Morgan fingerprint density at radius 1 is 1.07 bits per heavy atom. The highest BCUT2D eigenvalue weighted by atomic mass is 19.3. The van der Waals surface area contributed by atoms with E-state index in [0.29, 0.717) is 32.5 Å². The van der Waals surface area contributed by atoms with Crippen LogP contribution >= 0.6 is 0 Å². The maximum Gasteiger partial charge on any atom is 0.411 e. The Labute approximate surface area is 232 Å². The molecule has 0 saturated carbocycles. The number of alkyl halides is 2. The fourth-order valence-electron chi connectivity index (χ4n) is 4.92. The Kier molecular flexibility index (Phi) is 9.08. The molecule has 2 amide bonds. The van der Waals surface area contributed by atoms with Crippen molar-refractivity contribution in [3.8, 4) is 0 Å². The standard InChI is InChI=1S/C30H36F3N3O4/c1-29(2,3)40-28(38)36-15-11-21(12-16-36)18-35-14-13-25(30(32,33)20-35)24-10-9-23(17-26(24)31)34-27(37)39-19-22-7-5-4-6-8-22/h4-10,13,17,21H,11-12,14-16,18-20H2,1-3H3,(H,34,37). The molecule has 0 atom stereocenters. The normalized spacial score (nSPS) is 18.1. The average Bonchev–Trinajstić information content (AvgIpc) is 2.88. The first-order valence-electron chi connectivity index (χ1n) is 13.5. The van der Waals surface area contributed by atoms with Gasteiger partial charge in [-0.25, -0.2) is 14.0 Å². The summed E-state index contributed by atoms with van der Waals surface area (Å²) in [5.74, 6) is -3.93. The zero-order valence-corrected chi connectivity index (χ0v) is 23.1. The first-order chi connectivity index (χ1) is 18.9. The quantitative estimate of drug-likeness (QED) is 0.434. The molecule has 7 nitrogen and oxygen atoms in total. The van der Waals surface area contributed by atoms with Crippen molar-refractivity contribution in [2.75, 3.05) is 38.0 Å². The number of anilines is 1. The number of likely N-dealkylation sites (tertiary alicyclic amines) is 1. The molecule has 2 aliphatic heterocycles. The Morgan fingerprint density at radius 2 is 1.77 bits per heavy atom. The van der Waals surface area contributed by atoms with E-state index in [2.05, 4.69) is 5.32 Å². The van der Waals surface area contributed by atoms with E-state index in [9.17, 15) is 14.0 Å². The molecule has 2 aromatic rings. The van der Waals surface area contributed by atoms with Crippen molar-refractivity contribution in [3.05, 3.63) is 71.6 Å². The average molecular weight is 560 g/mol. The van der Waals surface area contributed by atoms with Gasteiger partial charge in [0.05, 0.1) is 6.54 Å². The van der Waals surface area contributed by atoms with E-state index >= 15 is 8.78 Å². The number of carbonyl (C=O) groups is 2. The van der Waals surface area contributed by atoms with Crippen LogP contribution in [0.5, 0.6) is 0 Å². The zero-order chi connectivity index (χ0) is 28.9. The number of piperidine rings is 1. The molecule has 0 aliphatic carbocycles. The molecule has 2 aliphatic rings. The number of carbonyl (C=O) groups excluding carboxylic acids is 2. The number of benzene rings is 2. The largest absolute Gasteiger partial charge is 0.444 e. The third kappa shape index (κ3) is 8.00. The van der Waals surface area contributed by atoms with Crippen molar-refractivity contribution in [1.82, 2.24) is 9.80 Å². The van der Waals surface area contributed by atoms with Crippen LogP contribution in [0, 0.1) is 11.7 Å². The summed E-state index contributed by atoms with van der Waals surface area (Å²) in [7, 11) is 0. The number of hydrogen-bond acceptors (Lipinski definition) is 5. The van der Waals surface area contributed by atoms with Crippen LogP contribution < -0.4 is 5.32 Å². The van der Waals surface area contributed by atoms with E-state index in [1.165, 1.54) is 18.2 Å². The predicted octanol–water partition coefficient (Wildman–Crippen LogP) is 6.56. The molecule has 0 bridgehead atoms. The van der Waals surface area contributed by atoms with Gasteiger partial charge in [0.25, 0.3) is 5.92 Å². The third-order valence-electron chi connectivity index (χ3n) is 6.87. The van der Waals surface area contributed by atoms with Gasteiger partial charge in [0, 0.05) is 43.0 Å². The Hall–Kier alpha value is -3.53. The summed E-state index contributed by atoms with van der Waals surface area (Å²) in [5, 5.41) is 2.43. The molecule has 0 spiro atoms. The van der Waals surface area contributed by atoms with Crippen molar-refractivity contribution >= 4 is 23.4 Å². The van der Waals surface area contributed by atoms with Gasteiger partial charge in [0.2, 0.25) is 0 Å². The minimum absolute atomic E-state index is 0.0473. The van der Waals surface area contributed by atoms with Crippen LogP contribution in [0.2, 0.25) is 0 Å². The smallest absolute Gasteiger partial charge is 0.411 e. The number of hydrogen-bond donors (Lipinski definition) is 1. The lowest BCUT2D eigenvalue weighted by Gasteiger charge is -2.38. The number of nitrogens with one attached hydrogen (secondary N) is 1. The summed E-state index contributed by atoms with van der Waals surface area (Å²) in [4.78, 5) is 27.7. The highest BCUT2D eigenvalue weighted by Gasteiger charge is 2.41. The molecule has 2 aromatic carbocycles. The lowest BCUT2D eigenvalue weighted by molar-refractivity contribution is 0.00496. The van der Waals surface area contributed by atoms with E-state index in [0.717, 1.165) is 11.6 Å². The molecule has 0 aromatic heterocycles. The number of rotatable bonds is 6. The topological polar surface area (TPSA) is 71.1 Å². The van der Waals surface area contributed by atoms with Crippen LogP contribution in [0.15, 0.2) is 54.6 Å². The molecule has 4 rings (SSSR count). The summed E-state index contributed by atoms with van der Waals surface area (Å²) in [6.45, 7) is 6.76. The van der Waals surface area contributed by atoms with Crippen LogP contribution in [-0.2, 0) is 16.1 Å². The van der Waals surface area contributed by atoms with Crippen LogP contribution in [-0.4, -0.2) is 66.2 Å². The van der Waals surface area contributed by atoms with E-state index in [1.807, 2.05) is 39.0 Å². The molecule has 2 heterocycles. The van der Waals surface area contributed by atoms with Gasteiger partial charge in [0.15, 0.2) is 0 Å². The first-order valence-corrected chi connectivity index (χ1v) is 13.5. The van der Waals surface area contributed by atoms with Crippen LogP contribution in [0.25, 0.3) is 5.57 Å². The Bertz CT molecular complexity index is 1220. The van der Waals surface area contributed by atoms with Crippen molar-refractivity contribution in [1.29, 1.82) is 0 Å². The number of nitrogens with zero attached hydrogens (tertiary/aromatic N) is 2. The van der Waals surface area contributed by atoms with Gasteiger partial charge in [-0.15, -0.1) is 0 Å². The summed E-state index contributed by atoms with van der Waals surface area (Å²) >= 11 is 0.